The van der Waals surface area contributed by atoms with E-state index in [9.17, 15) is 0 Å². The molecule has 2 nitrogen and oxygen atoms in total. The maximum Gasteiger partial charge on any atom is 0.159 e. The van der Waals surface area contributed by atoms with Crippen molar-refractivity contribution in [3.8, 4) is 22.6 Å². The molecule has 0 fully saturated rings. The van der Waals surface area contributed by atoms with Gasteiger partial charge in [-0.05, 0) is 12.1 Å². The van der Waals surface area contributed by atoms with Gasteiger partial charge in [0.2, 0.25) is 0 Å². The average Bonchev–Trinajstić information content (AvgIpc) is 2.49. The molecule has 3 rings (SSSR count). The molecular weight excluding hydrogens is 300 g/mol. The van der Waals surface area contributed by atoms with Crippen LogP contribution in [-0.4, -0.2) is 9.97 Å². The second-order valence-electron chi connectivity index (χ2n) is 4.11. The Bertz CT molecular complexity index is 696. The van der Waals surface area contributed by atoms with Crippen LogP contribution in [0.4, 0.5) is 0 Å². The van der Waals surface area contributed by atoms with Gasteiger partial charge in [0.1, 0.15) is 0 Å². The van der Waals surface area contributed by atoms with Crippen LogP contribution in [0.1, 0.15) is 0 Å². The van der Waals surface area contributed by atoms with Crippen molar-refractivity contribution in [2.24, 2.45) is 0 Å². The fourth-order valence-corrected chi connectivity index (χ4v) is 2.39. The molecule has 3 aromatic rings. The first-order valence-corrected chi connectivity index (χ1v) is 6.77. The van der Waals surface area contributed by atoms with Gasteiger partial charge in [-0.2, -0.15) is 0 Å². The lowest BCUT2D eigenvalue weighted by Gasteiger charge is -2.05. The number of aromatic nitrogens is 2. The maximum atomic E-state index is 4.63. The maximum absolute atomic E-state index is 4.63. The lowest BCUT2D eigenvalue weighted by Crippen LogP contribution is -1.91. The third-order valence-electron chi connectivity index (χ3n) is 2.84. The molecule has 0 amide bonds. The van der Waals surface area contributed by atoms with E-state index in [1.54, 1.807) is 6.20 Å². The molecule has 0 bridgehead atoms. The van der Waals surface area contributed by atoms with Crippen LogP contribution in [0.2, 0.25) is 0 Å². The summed E-state index contributed by atoms with van der Waals surface area (Å²) in [5.74, 6) is 0.744. The van der Waals surface area contributed by atoms with Crippen molar-refractivity contribution < 1.29 is 0 Å². The predicted molar refractivity (Wildman–Crippen MR) is 80.6 cm³/mol. The zero-order valence-electron chi connectivity index (χ0n) is 10.1. The largest absolute Gasteiger partial charge is 0.237 e. The smallest absolute Gasteiger partial charge is 0.159 e. The molecule has 0 aliphatic carbocycles. The predicted octanol–water partition coefficient (Wildman–Crippen LogP) is 4.57. The number of halogens is 1. The van der Waals surface area contributed by atoms with E-state index >= 15 is 0 Å². The molecule has 0 saturated carbocycles. The van der Waals surface area contributed by atoms with Crippen molar-refractivity contribution in [2.75, 3.05) is 0 Å². The summed E-state index contributed by atoms with van der Waals surface area (Å²) in [6.07, 6.45) is 1.80. The van der Waals surface area contributed by atoms with Gasteiger partial charge in [0.25, 0.3) is 0 Å². The van der Waals surface area contributed by atoms with Crippen LogP contribution >= 0.6 is 15.9 Å². The molecule has 0 aliphatic rings. The molecule has 0 unspecified atom stereocenters. The van der Waals surface area contributed by atoms with Crippen LogP contribution in [0, 0.1) is 0 Å². The molecule has 0 saturated heterocycles. The van der Waals surface area contributed by atoms with Gasteiger partial charge in [0, 0.05) is 21.8 Å². The Labute approximate surface area is 120 Å². The Morgan fingerprint density at radius 2 is 1.53 bits per heavy atom. The summed E-state index contributed by atoms with van der Waals surface area (Å²) in [6.45, 7) is 0. The quantitative estimate of drug-likeness (QED) is 0.692. The number of nitrogens with zero attached hydrogens (tertiary/aromatic N) is 2. The molecule has 19 heavy (non-hydrogen) atoms. The van der Waals surface area contributed by atoms with E-state index in [0.29, 0.717) is 0 Å². The van der Waals surface area contributed by atoms with Crippen LogP contribution in [0.15, 0.2) is 71.3 Å². The van der Waals surface area contributed by atoms with Crippen LogP contribution in [0.25, 0.3) is 22.6 Å². The summed E-state index contributed by atoms with van der Waals surface area (Å²) in [5.41, 5.74) is 3.01. The van der Waals surface area contributed by atoms with Gasteiger partial charge >= 0.3 is 0 Å². The van der Waals surface area contributed by atoms with Gasteiger partial charge in [-0.3, -0.25) is 0 Å². The normalized spacial score (nSPS) is 10.4. The van der Waals surface area contributed by atoms with E-state index in [1.165, 1.54) is 0 Å². The molecule has 0 atom stereocenters. The van der Waals surface area contributed by atoms with E-state index in [2.05, 4.69) is 25.9 Å². The molecular formula is C16H11BrN2. The third kappa shape index (κ3) is 2.56. The van der Waals surface area contributed by atoms with Crippen LogP contribution in [0.5, 0.6) is 0 Å². The highest BCUT2D eigenvalue weighted by Crippen LogP contribution is 2.27. The monoisotopic (exact) mass is 310 g/mol. The standard InChI is InChI=1S/C16H11BrN2/c17-14-9-5-4-8-13(14)15-10-11-18-16(19-15)12-6-2-1-3-7-12/h1-11H. The Hall–Kier alpha value is -2.00. The summed E-state index contributed by atoms with van der Waals surface area (Å²) in [6, 6.07) is 20.0. The summed E-state index contributed by atoms with van der Waals surface area (Å²) in [5, 5.41) is 0. The Kier molecular flexibility index (Phi) is 3.38. The topological polar surface area (TPSA) is 25.8 Å². The fourth-order valence-electron chi connectivity index (χ4n) is 1.90. The van der Waals surface area contributed by atoms with E-state index in [1.807, 2.05) is 60.7 Å². The molecule has 92 valence electrons. The van der Waals surface area contributed by atoms with Crippen molar-refractivity contribution in [1.82, 2.24) is 9.97 Å². The van der Waals surface area contributed by atoms with E-state index in [-0.39, 0.29) is 0 Å². The van der Waals surface area contributed by atoms with Crippen LogP contribution in [0.3, 0.4) is 0 Å². The average molecular weight is 311 g/mol. The summed E-state index contributed by atoms with van der Waals surface area (Å²) < 4.78 is 1.03. The van der Waals surface area contributed by atoms with Crippen molar-refractivity contribution in [3.05, 3.63) is 71.3 Å². The number of benzene rings is 2. The van der Waals surface area contributed by atoms with Crippen molar-refractivity contribution in [3.63, 3.8) is 0 Å². The molecule has 1 heterocycles. The van der Waals surface area contributed by atoms with Gasteiger partial charge in [-0.15, -0.1) is 0 Å². The summed E-state index contributed by atoms with van der Waals surface area (Å²) >= 11 is 3.55. The van der Waals surface area contributed by atoms with Crippen molar-refractivity contribution >= 4 is 15.9 Å². The Morgan fingerprint density at radius 3 is 2.32 bits per heavy atom. The first-order valence-electron chi connectivity index (χ1n) is 5.98. The lowest BCUT2D eigenvalue weighted by atomic mass is 10.1. The second-order valence-corrected chi connectivity index (χ2v) is 4.97. The minimum atomic E-state index is 0.744. The lowest BCUT2D eigenvalue weighted by molar-refractivity contribution is 1.18. The van der Waals surface area contributed by atoms with Gasteiger partial charge in [-0.1, -0.05) is 64.5 Å². The van der Waals surface area contributed by atoms with E-state index in [4.69, 9.17) is 0 Å². The van der Waals surface area contributed by atoms with Gasteiger partial charge in [-0.25, -0.2) is 9.97 Å². The SMILES string of the molecule is Brc1ccccc1-c1ccnc(-c2ccccc2)n1. The molecule has 2 aromatic carbocycles. The zero-order valence-corrected chi connectivity index (χ0v) is 11.7. The number of rotatable bonds is 2. The second kappa shape index (κ2) is 5.33. The molecule has 0 radical (unpaired) electrons. The molecule has 0 N–H and O–H groups in total. The summed E-state index contributed by atoms with van der Waals surface area (Å²) in [4.78, 5) is 8.97. The highest BCUT2D eigenvalue weighted by Gasteiger charge is 2.06. The van der Waals surface area contributed by atoms with Gasteiger partial charge in [0.15, 0.2) is 5.82 Å². The van der Waals surface area contributed by atoms with E-state index in [0.717, 1.165) is 27.1 Å². The molecule has 1 aromatic heterocycles. The molecule has 0 aliphatic heterocycles. The molecule has 0 spiro atoms. The third-order valence-corrected chi connectivity index (χ3v) is 3.53. The van der Waals surface area contributed by atoms with Gasteiger partial charge in [0.05, 0.1) is 5.69 Å². The van der Waals surface area contributed by atoms with Crippen LogP contribution < -0.4 is 0 Å². The van der Waals surface area contributed by atoms with Crippen molar-refractivity contribution in [1.29, 1.82) is 0 Å². The highest BCUT2D eigenvalue weighted by atomic mass is 79.9. The van der Waals surface area contributed by atoms with Crippen LogP contribution in [-0.2, 0) is 0 Å². The Morgan fingerprint density at radius 1 is 0.789 bits per heavy atom. The highest BCUT2D eigenvalue weighted by molar-refractivity contribution is 9.10. The minimum absolute atomic E-state index is 0.744. The minimum Gasteiger partial charge on any atom is -0.237 e. The van der Waals surface area contributed by atoms with Gasteiger partial charge < -0.3 is 0 Å². The number of hydrogen-bond donors (Lipinski definition) is 0. The summed E-state index contributed by atoms with van der Waals surface area (Å²) in [7, 11) is 0. The first-order chi connectivity index (χ1) is 9.34. The number of hydrogen-bond acceptors (Lipinski definition) is 2. The van der Waals surface area contributed by atoms with E-state index < -0.39 is 0 Å². The van der Waals surface area contributed by atoms with Crippen molar-refractivity contribution in [2.45, 2.75) is 0 Å². The fraction of sp³-hybridized carbons (Fsp3) is 0. The first kappa shape index (κ1) is 12.1. The zero-order chi connectivity index (χ0) is 13.1. The Balaban J connectivity index is 2.09. The molecule has 3 heteroatoms.